The zero-order chi connectivity index (χ0) is 25.1. The Balaban J connectivity index is 1.46. The molecule has 4 unspecified atom stereocenters. The van der Waals surface area contributed by atoms with Crippen molar-refractivity contribution in [2.24, 2.45) is 16.7 Å². The van der Waals surface area contributed by atoms with Crippen molar-refractivity contribution < 1.29 is 14.7 Å². The number of likely N-dealkylation sites (N-methyl/N-ethyl adjacent to an activating group) is 1. The number of unbranched alkanes of at least 4 members (excludes halogenated alkanes) is 3. The summed E-state index contributed by atoms with van der Waals surface area (Å²) in [6.07, 6.45) is 17.8. The number of likely N-dealkylation sites (tertiary alicyclic amines) is 1. The predicted molar refractivity (Wildman–Crippen MR) is 140 cm³/mol. The van der Waals surface area contributed by atoms with Gasteiger partial charge in [0.05, 0.1) is 11.5 Å². The summed E-state index contributed by atoms with van der Waals surface area (Å²) in [5.74, 6) is 0.693. The van der Waals surface area contributed by atoms with E-state index in [-0.39, 0.29) is 34.9 Å². The molecule has 2 aliphatic heterocycles. The SMILES string of the molecule is CCCCCCN1C(=O)CCC2(C(=O)N3CCN(CC)CC3)C3=CC45C(=CC=C3)C4C=C(O)C=C5C12. The van der Waals surface area contributed by atoms with E-state index in [1.165, 1.54) is 5.57 Å². The van der Waals surface area contributed by atoms with E-state index in [1.807, 2.05) is 17.1 Å². The molecule has 1 N–H and O–H groups in total. The first-order chi connectivity index (χ1) is 17.5. The predicted octanol–water partition coefficient (Wildman–Crippen LogP) is 4.14. The van der Waals surface area contributed by atoms with Crippen LogP contribution in [0.15, 0.2) is 58.9 Å². The summed E-state index contributed by atoms with van der Waals surface area (Å²) in [5, 5.41) is 10.8. The molecule has 6 aliphatic rings. The zero-order valence-electron chi connectivity index (χ0n) is 21.7. The van der Waals surface area contributed by atoms with Crippen molar-refractivity contribution in [1.29, 1.82) is 0 Å². The second kappa shape index (κ2) is 8.76. The molecule has 2 amide bonds. The Bertz CT molecular complexity index is 1120. The number of carbonyl (C=O) groups is 2. The van der Waals surface area contributed by atoms with Gasteiger partial charge < -0.3 is 19.8 Å². The second-order valence-corrected chi connectivity index (χ2v) is 11.4. The van der Waals surface area contributed by atoms with Gasteiger partial charge in [0.2, 0.25) is 11.8 Å². The highest BCUT2D eigenvalue weighted by atomic mass is 16.3. The largest absolute Gasteiger partial charge is 0.508 e. The van der Waals surface area contributed by atoms with Crippen molar-refractivity contribution in [2.75, 3.05) is 39.3 Å². The summed E-state index contributed by atoms with van der Waals surface area (Å²) >= 11 is 0. The third-order valence-corrected chi connectivity index (χ3v) is 9.66. The van der Waals surface area contributed by atoms with Crippen LogP contribution in [0.25, 0.3) is 0 Å². The molecule has 0 aromatic carbocycles. The molecule has 0 aromatic heterocycles. The Morgan fingerprint density at radius 2 is 1.92 bits per heavy atom. The van der Waals surface area contributed by atoms with Crippen molar-refractivity contribution in [1.82, 2.24) is 14.7 Å². The fraction of sp³-hybridized carbons (Fsp3) is 0.600. The number of aliphatic hydroxyl groups excluding tert-OH is 1. The van der Waals surface area contributed by atoms with Gasteiger partial charge in [-0.2, -0.15) is 0 Å². The van der Waals surface area contributed by atoms with Gasteiger partial charge in [0, 0.05) is 50.5 Å². The van der Waals surface area contributed by atoms with Crippen molar-refractivity contribution in [3.8, 4) is 0 Å². The highest BCUT2D eigenvalue weighted by Gasteiger charge is 2.71. The number of carbonyl (C=O) groups excluding carboxylic acids is 2. The average Bonchev–Trinajstić information content (AvgIpc) is 3.54. The van der Waals surface area contributed by atoms with E-state index in [9.17, 15) is 14.7 Å². The van der Waals surface area contributed by atoms with Crippen LogP contribution < -0.4 is 0 Å². The summed E-state index contributed by atoms with van der Waals surface area (Å²) in [4.78, 5) is 34.7. The molecule has 4 atom stereocenters. The van der Waals surface area contributed by atoms with Crippen LogP contribution >= 0.6 is 0 Å². The van der Waals surface area contributed by atoms with Gasteiger partial charge in [-0.1, -0.05) is 57.4 Å². The van der Waals surface area contributed by atoms with Crippen LogP contribution in [-0.2, 0) is 9.59 Å². The summed E-state index contributed by atoms with van der Waals surface area (Å²) in [7, 11) is 0. The maximum Gasteiger partial charge on any atom is 0.235 e. The van der Waals surface area contributed by atoms with Gasteiger partial charge >= 0.3 is 0 Å². The summed E-state index contributed by atoms with van der Waals surface area (Å²) < 4.78 is 0. The van der Waals surface area contributed by atoms with Gasteiger partial charge in [-0.3, -0.25) is 9.59 Å². The first-order valence-electron chi connectivity index (χ1n) is 14.0. The summed E-state index contributed by atoms with van der Waals surface area (Å²) in [6.45, 7) is 9.27. The number of allylic oxidation sites excluding steroid dienone is 7. The van der Waals surface area contributed by atoms with E-state index >= 15 is 0 Å². The maximum atomic E-state index is 14.7. The van der Waals surface area contributed by atoms with Crippen molar-refractivity contribution in [3.05, 3.63) is 58.9 Å². The summed E-state index contributed by atoms with van der Waals surface area (Å²) in [6, 6.07) is -0.343. The Kier molecular flexibility index (Phi) is 5.78. The fourth-order valence-electron chi connectivity index (χ4n) is 7.68. The number of aliphatic hydroxyl groups is 1. The molecule has 192 valence electrons. The normalized spacial score (nSPS) is 34.7. The molecular formula is C30H39N3O3. The standard InChI is InChI=1S/C30H39N3O3/c1-3-5-6-7-13-33-26(35)11-12-29(28(36)32-16-14-31(4-2)15-17-32)21-9-8-10-23-24-18-22(34)19-25(27(29)33)30(23,24)20-21/h8-10,18-20,24,27,34H,3-7,11-17H2,1-2H3. The average molecular weight is 490 g/mol. The molecule has 2 heterocycles. The van der Waals surface area contributed by atoms with Gasteiger partial charge in [0.15, 0.2) is 0 Å². The van der Waals surface area contributed by atoms with E-state index in [4.69, 9.17) is 0 Å². The molecule has 4 aliphatic carbocycles. The molecule has 1 spiro atoms. The Morgan fingerprint density at radius 1 is 1.11 bits per heavy atom. The van der Waals surface area contributed by atoms with Crippen LogP contribution in [0, 0.1) is 16.7 Å². The van der Waals surface area contributed by atoms with E-state index in [0.717, 1.165) is 69.6 Å². The van der Waals surface area contributed by atoms with E-state index < -0.39 is 5.41 Å². The van der Waals surface area contributed by atoms with E-state index in [2.05, 4.69) is 48.0 Å². The first-order valence-corrected chi connectivity index (χ1v) is 14.0. The second-order valence-electron chi connectivity index (χ2n) is 11.4. The number of rotatable bonds is 7. The van der Waals surface area contributed by atoms with E-state index in [1.54, 1.807) is 0 Å². The van der Waals surface area contributed by atoms with Gasteiger partial charge in [-0.05, 0) is 48.3 Å². The summed E-state index contributed by atoms with van der Waals surface area (Å²) in [5.41, 5.74) is 2.30. The van der Waals surface area contributed by atoms with Gasteiger partial charge in [-0.25, -0.2) is 0 Å². The van der Waals surface area contributed by atoms with Crippen LogP contribution in [0.4, 0.5) is 0 Å². The number of fused-ring (bicyclic) bond motifs is 4. The van der Waals surface area contributed by atoms with Crippen LogP contribution in [0.5, 0.6) is 0 Å². The molecule has 6 heteroatoms. The number of hydrogen-bond acceptors (Lipinski definition) is 4. The molecule has 6 nitrogen and oxygen atoms in total. The third-order valence-electron chi connectivity index (χ3n) is 9.66. The minimum absolute atomic E-state index is 0.123. The molecular weight excluding hydrogens is 450 g/mol. The van der Waals surface area contributed by atoms with Crippen LogP contribution in [0.2, 0.25) is 0 Å². The molecule has 0 radical (unpaired) electrons. The highest BCUT2D eigenvalue weighted by molar-refractivity contribution is 5.94. The number of piperidine rings is 1. The Hall–Kier alpha value is -2.60. The molecule has 36 heavy (non-hydrogen) atoms. The van der Waals surface area contributed by atoms with Gasteiger partial charge in [-0.15, -0.1) is 0 Å². The third kappa shape index (κ3) is 3.26. The maximum absolute atomic E-state index is 14.7. The van der Waals surface area contributed by atoms with Crippen LogP contribution in [-0.4, -0.2) is 76.9 Å². The lowest BCUT2D eigenvalue weighted by Crippen LogP contribution is -2.66. The minimum atomic E-state index is -0.797. The Morgan fingerprint density at radius 3 is 2.67 bits per heavy atom. The van der Waals surface area contributed by atoms with Gasteiger partial charge in [0.25, 0.3) is 0 Å². The fourth-order valence-corrected chi connectivity index (χ4v) is 7.68. The van der Waals surface area contributed by atoms with Crippen molar-refractivity contribution in [2.45, 2.75) is 58.4 Å². The highest BCUT2D eigenvalue weighted by Crippen LogP contribution is 2.73. The lowest BCUT2D eigenvalue weighted by molar-refractivity contribution is -0.154. The monoisotopic (exact) mass is 489 g/mol. The van der Waals surface area contributed by atoms with Crippen molar-refractivity contribution >= 4 is 11.8 Å². The molecule has 6 rings (SSSR count). The number of hydrogen-bond donors (Lipinski definition) is 1. The smallest absolute Gasteiger partial charge is 0.235 e. The Labute approximate surface area is 214 Å². The molecule has 3 fully saturated rings. The lowest BCUT2D eigenvalue weighted by Gasteiger charge is -2.56. The van der Waals surface area contributed by atoms with E-state index in [0.29, 0.717) is 19.4 Å². The first kappa shape index (κ1) is 23.8. The molecule has 0 aromatic rings. The zero-order valence-corrected chi connectivity index (χ0v) is 21.7. The lowest BCUT2D eigenvalue weighted by atomic mass is 9.57. The van der Waals surface area contributed by atoms with Crippen LogP contribution in [0.3, 0.4) is 0 Å². The number of piperazine rings is 1. The molecule has 2 saturated heterocycles. The van der Waals surface area contributed by atoms with Crippen LogP contribution in [0.1, 0.15) is 52.4 Å². The van der Waals surface area contributed by atoms with Crippen molar-refractivity contribution in [3.63, 3.8) is 0 Å². The topological polar surface area (TPSA) is 64.1 Å². The minimum Gasteiger partial charge on any atom is -0.508 e. The quantitative estimate of drug-likeness (QED) is 0.546. The molecule has 1 saturated carbocycles. The number of amides is 2. The molecule has 2 bridgehead atoms. The van der Waals surface area contributed by atoms with Gasteiger partial charge in [0.1, 0.15) is 5.76 Å². The number of nitrogens with zero attached hydrogens (tertiary/aromatic N) is 3.